The van der Waals surface area contributed by atoms with Gasteiger partial charge in [-0.05, 0) is 31.4 Å². The van der Waals surface area contributed by atoms with Crippen LogP contribution in [0.25, 0.3) is 0 Å². The Kier molecular flexibility index (Phi) is 2.92. The van der Waals surface area contributed by atoms with Crippen LogP contribution in [-0.4, -0.2) is 68.6 Å². The summed E-state index contributed by atoms with van der Waals surface area (Å²) in [6.07, 6.45) is 0.633. The molecule has 4 bridgehead atoms. The molecule has 29 heavy (non-hydrogen) atoms. The number of hydrogen-bond donors (Lipinski definition) is 0. The van der Waals surface area contributed by atoms with Crippen molar-refractivity contribution in [3.63, 3.8) is 0 Å². The molecule has 150 valence electrons. The van der Waals surface area contributed by atoms with E-state index in [1.54, 1.807) is 9.80 Å². The normalized spacial score (nSPS) is 37.6. The third kappa shape index (κ3) is 1.61. The van der Waals surface area contributed by atoms with Crippen molar-refractivity contribution in [2.75, 3.05) is 13.1 Å². The first-order chi connectivity index (χ1) is 13.8. The fourth-order valence-corrected chi connectivity index (χ4v) is 6.46. The molecule has 4 aliphatic heterocycles. The second-order valence-electron chi connectivity index (χ2n) is 9.15. The molecule has 4 atom stereocenters. The lowest BCUT2D eigenvalue weighted by molar-refractivity contribution is -0.227. The second-order valence-corrected chi connectivity index (χ2v) is 9.15. The van der Waals surface area contributed by atoms with Crippen molar-refractivity contribution in [2.24, 2.45) is 10.8 Å². The molecular formula is C21H22N4O4. The van der Waals surface area contributed by atoms with Crippen LogP contribution in [0.3, 0.4) is 0 Å². The van der Waals surface area contributed by atoms with E-state index in [9.17, 15) is 19.2 Å². The number of carbonyl (C=O) groups excluding carboxylic acids is 4. The first kappa shape index (κ1) is 17.0. The van der Waals surface area contributed by atoms with E-state index in [-0.39, 0.29) is 37.0 Å². The van der Waals surface area contributed by atoms with Crippen molar-refractivity contribution in [3.05, 3.63) is 35.4 Å². The standard InChI is InChI=1S/C21H22N4O4/c1-20-14-15-21(20,2)17(27)25-11-13-7-4-3-6-12(13)10-24(16(20)26)18(28)22(14)8-5-9-23(15)19(25)29/h3-4,6-7,14-15H,5,8-11H2,1-2H3. The highest BCUT2D eigenvalue weighted by Crippen LogP contribution is 2.66. The molecule has 8 heteroatoms. The van der Waals surface area contributed by atoms with Gasteiger partial charge in [0.2, 0.25) is 11.8 Å². The maximum Gasteiger partial charge on any atom is 0.327 e. The Morgan fingerprint density at radius 2 is 1.17 bits per heavy atom. The van der Waals surface area contributed by atoms with E-state index < -0.39 is 22.9 Å². The third-order valence-corrected chi connectivity index (χ3v) is 8.14. The molecule has 1 aliphatic carbocycles. The molecule has 6 rings (SSSR count). The van der Waals surface area contributed by atoms with E-state index in [0.29, 0.717) is 19.5 Å². The second kappa shape index (κ2) is 4.98. The zero-order chi connectivity index (χ0) is 20.3. The SMILES string of the molecule is CC12C(=O)N3Cc4ccccc4CN4C(=O)N5CCCN(C3=O)C1C5C2(C)C4=O. The van der Waals surface area contributed by atoms with Crippen LogP contribution in [0.1, 0.15) is 31.4 Å². The minimum atomic E-state index is -1.05. The number of rotatable bonds is 0. The fourth-order valence-electron chi connectivity index (χ4n) is 6.46. The van der Waals surface area contributed by atoms with Crippen LogP contribution in [0.2, 0.25) is 0 Å². The Morgan fingerprint density at radius 3 is 1.59 bits per heavy atom. The zero-order valence-corrected chi connectivity index (χ0v) is 16.4. The van der Waals surface area contributed by atoms with Crippen molar-refractivity contribution >= 4 is 23.9 Å². The molecule has 1 aromatic rings. The topological polar surface area (TPSA) is 81.2 Å². The first-order valence-corrected chi connectivity index (χ1v) is 10.1. The van der Waals surface area contributed by atoms with Crippen LogP contribution < -0.4 is 0 Å². The summed E-state index contributed by atoms with van der Waals surface area (Å²) in [5.74, 6) is -0.604. The number of urea groups is 2. The lowest BCUT2D eigenvalue weighted by Gasteiger charge is -2.72. The average Bonchev–Trinajstić information content (AvgIpc) is 2.91. The highest BCUT2D eigenvalue weighted by Gasteiger charge is 2.83. The number of imide groups is 2. The van der Waals surface area contributed by atoms with Gasteiger partial charge in [0.05, 0.1) is 36.0 Å². The maximum absolute atomic E-state index is 13.7. The predicted molar refractivity (Wildman–Crippen MR) is 100 cm³/mol. The predicted octanol–water partition coefficient (Wildman–Crippen LogP) is 1.40. The van der Waals surface area contributed by atoms with Gasteiger partial charge >= 0.3 is 12.1 Å². The van der Waals surface area contributed by atoms with Crippen LogP contribution >= 0.6 is 0 Å². The van der Waals surface area contributed by atoms with Crippen LogP contribution in [0.5, 0.6) is 0 Å². The largest absolute Gasteiger partial charge is 0.327 e. The molecule has 0 N–H and O–H groups in total. The minimum Gasteiger partial charge on any atom is -0.318 e. The van der Waals surface area contributed by atoms with Crippen molar-refractivity contribution in [1.29, 1.82) is 0 Å². The summed E-state index contributed by atoms with van der Waals surface area (Å²) in [6, 6.07) is 5.90. The van der Waals surface area contributed by atoms with Gasteiger partial charge in [0, 0.05) is 13.1 Å². The summed E-state index contributed by atoms with van der Waals surface area (Å²) in [4.78, 5) is 60.4. The summed E-state index contributed by atoms with van der Waals surface area (Å²) in [6.45, 7) is 4.91. The van der Waals surface area contributed by atoms with Crippen molar-refractivity contribution in [2.45, 2.75) is 45.4 Å². The van der Waals surface area contributed by atoms with Crippen LogP contribution in [0, 0.1) is 10.8 Å². The Bertz CT molecular complexity index is 945. The summed E-state index contributed by atoms with van der Waals surface area (Å²) in [5, 5.41) is 0. The quantitative estimate of drug-likeness (QED) is 0.666. The van der Waals surface area contributed by atoms with E-state index in [1.807, 2.05) is 38.1 Å². The van der Waals surface area contributed by atoms with Crippen molar-refractivity contribution < 1.29 is 19.2 Å². The van der Waals surface area contributed by atoms with E-state index in [4.69, 9.17) is 0 Å². The summed E-state index contributed by atoms with van der Waals surface area (Å²) < 4.78 is 0. The van der Waals surface area contributed by atoms with Gasteiger partial charge < -0.3 is 9.80 Å². The summed E-state index contributed by atoms with van der Waals surface area (Å²) in [5.41, 5.74) is -0.521. The average molecular weight is 394 g/mol. The molecular weight excluding hydrogens is 372 g/mol. The lowest BCUT2D eigenvalue weighted by Crippen LogP contribution is -2.90. The lowest BCUT2D eigenvalue weighted by atomic mass is 9.41. The van der Waals surface area contributed by atoms with Gasteiger partial charge in [0.1, 0.15) is 0 Å². The van der Waals surface area contributed by atoms with Crippen molar-refractivity contribution in [3.8, 4) is 0 Å². The highest BCUT2D eigenvalue weighted by molar-refractivity contribution is 6.11. The van der Waals surface area contributed by atoms with E-state index in [2.05, 4.69) is 0 Å². The maximum atomic E-state index is 13.7. The van der Waals surface area contributed by atoms with Crippen LogP contribution in [0.15, 0.2) is 24.3 Å². The molecule has 3 saturated heterocycles. The molecule has 4 heterocycles. The molecule has 0 radical (unpaired) electrons. The molecule has 8 nitrogen and oxygen atoms in total. The molecule has 6 amide bonds. The van der Waals surface area contributed by atoms with Gasteiger partial charge in [-0.3, -0.25) is 19.4 Å². The van der Waals surface area contributed by atoms with E-state index in [0.717, 1.165) is 11.1 Å². The zero-order valence-electron chi connectivity index (χ0n) is 16.4. The Labute approximate surface area is 168 Å². The fraction of sp³-hybridized carbons (Fsp3) is 0.524. The van der Waals surface area contributed by atoms with Gasteiger partial charge in [-0.25, -0.2) is 9.59 Å². The molecule has 0 spiro atoms. The minimum absolute atomic E-state index is 0.160. The number of nitrogens with zero attached hydrogens (tertiary/aromatic N) is 4. The van der Waals surface area contributed by atoms with Crippen LogP contribution in [0.4, 0.5) is 9.59 Å². The third-order valence-electron chi connectivity index (χ3n) is 8.14. The van der Waals surface area contributed by atoms with Gasteiger partial charge in [0.15, 0.2) is 0 Å². The number of fused-ring (bicyclic) bond motifs is 3. The molecule has 4 fully saturated rings. The van der Waals surface area contributed by atoms with Crippen LogP contribution in [-0.2, 0) is 22.7 Å². The summed E-state index contributed by atoms with van der Waals surface area (Å²) >= 11 is 0. The molecule has 1 saturated carbocycles. The van der Waals surface area contributed by atoms with Gasteiger partial charge in [-0.1, -0.05) is 24.3 Å². The molecule has 1 aromatic carbocycles. The number of carbonyl (C=O) groups is 4. The molecule has 0 aromatic heterocycles. The molecule has 5 aliphatic rings. The van der Waals surface area contributed by atoms with E-state index >= 15 is 0 Å². The molecule has 4 unspecified atom stereocenters. The van der Waals surface area contributed by atoms with E-state index in [1.165, 1.54) is 9.80 Å². The monoisotopic (exact) mass is 394 g/mol. The van der Waals surface area contributed by atoms with Gasteiger partial charge in [-0.2, -0.15) is 0 Å². The number of hydrogen-bond acceptors (Lipinski definition) is 4. The smallest absolute Gasteiger partial charge is 0.318 e. The number of benzene rings is 1. The van der Waals surface area contributed by atoms with Gasteiger partial charge in [-0.15, -0.1) is 0 Å². The Morgan fingerprint density at radius 1 is 0.759 bits per heavy atom. The Hall–Kier alpha value is -2.90. The number of amides is 6. The summed E-state index contributed by atoms with van der Waals surface area (Å²) in [7, 11) is 0. The van der Waals surface area contributed by atoms with Crippen molar-refractivity contribution in [1.82, 2.24) is 19.6 Å². The first-order valence-electron chi connectivity index (χ1n) is 10.1. The Balaban J connectivity index is 1.67. The van der Waals surface area contributed by atoms with Gasteiger partial charge in [0.25, 0.3) is 0 Å². The highest BCUT2D eigenvalue weighted by atomic mass is 16.2.